The lowest BCUT2D eigenvalue weighted by atomic mass is 10.00. The van der Waals surface area contributed by atoms with Crippen LogP contribution in [0.5, 0.6) is 0 Å². The number of piperidine rings is 1. The molecule has 7 heteroatoms. The van der Waals surface area contributed by atoms with Crippen molar-refractivity contribution < 1.29 is 4.74 Å². The van der Waals surface area contributed by atoms with Gasteiger partial charge in [-0.15, -0.1) is 0 Å². The molecule has 156 valence electrons. The normalized spacial score (nSPS) is 19.7. The van der Waals surface area contributed by atoms with Gasteiger partial charge >= 0.3 is 0 Å². The number of hydrogen-bond acceptors (Lipinski definition) is 7. The van der Waals surface area contributed by atoms with Crippen molar-refractivity contribution >= 4 is 22.5 Å². The van der Waals surface area contributed by atoms with E-state index in [1.807, 2.05) is 6.07 Å². The lowest BCUT2D eigenvalue weighted by molar-refractivity contribution is 0.122. The third-order valence-electron chi connectivity index (χ3n) is 5.95. The molecule has 0 radical (unpaired) electrons. The van der Waals surface area contributed by atoms with Crippen LogP contribution in [0, 0.1) is 5.92 Å². The van der Waals surface area contributed by atoms with E-state index in [0.29, 0.717) is 5.92 Å². The lowest BCUT2D eigenvalue weighted by Gasteiger charge is -2.28. The van der Waals surface area contributed by atoms with E-state index in [-0.39, 0.29) is 0 Å². The highest BCUT2D eigenvalue weighted by atomic mass is 16.5. The van der Waals surface area contributed by atoms with Gasteiger partial charge in [-0.2, -0.15) is 0 Å². The predicted molar refractivity (Wildman–Crippen MR) is 120 cm³/mol. The van der Waals surface area contributed by atoms with Gasteiger partial charge in [0.25, 0.3) is 0 Å². The number of aromatic nitrogens is 3. The molecule has 0 spiro atoms. The Morgan fingerprint density at radius 1 is 1.10 bits per heavy atom. The number of hydrogen-bond donors (Lipinski definition) is 2. The van der Waals surface area contributed by atoms with E-state index in [4.69, 9.17) is 9.72 Å². The van der Waals surface area contributed by atoms with Crippen LogP contribution in [0.4, 0.5) is 11.5 Å². The molecule has 0 saturated carbocycles. The molecule has 2 saturated heterocycles. The summed E-state index contributed by atoms with van der Waals surface area (Å²) in [5, 5.41) is 7.03. The van der Waals surface area contributed by atoms with Crippen LogP contribution in [0.15, 0.2) is 42.7 Å². The summed E-state index contributed by atoms with van der Waals surface area (Å²) in [7, 11) is 0. The second-order valence-corrected chi connectivity index (χ2v) is 8.02. The standard InChI is InChI=1S/C23H28N6O/c1-2-17(15-24-7-1)16-27-23-22-21(25-8-9-26-22)14-20(28-23)18-3-5-19(6-4-18)29-10-12-30-13-11-29/h3-6,8-9,14,17,24H,1-2,7,10-13,15-16H2,(H,27,28)/t17-/m0/s1. The summed E-state index contributed by atoms with van der Waals surface area (Å²) in [6.07, 6.45) is 5.94. The molecule has 2 aliphatic rings. The Hall–Kier alpha value is -2.77. The number of nitrogens with one attached hydrogen (secondary N) is 2. The fraction of sp³-hybridized carbons (Fsp3) is 0.435. The summed E-state index contributed by atoms with van der Waals surface area (Å²) in [5.41, 5.74) is 4.92. The molecule has 7 nitrogen and oxygen atoms in total. The molecule has 1 aromatic carbocycles. The van der Waals surface area contributed by atoms with E-state index in [9.17, 15) is 0 Å². The largest absolute Gasteiger partial charge is 0.378 e. The quantitative estimate of drug-likeness (QED) is 0.677. The van der Waals surface area contributed by atoms with Crippen LogP contribution in [-0.4, -0.2) is 60.9 Å². The number of pyridine rings is 1. The summed E-state index contributed by atoms with van der Waals surface area (Å²) < 4.78 is 5.46. The lowest BCUT2D eigenvalue weighted by Crippen LogP contribution is -2.36. The van der Waals surface area contributed by atoms with Crippen molar-refractivity contribution in [2.45, 2.75) is 12.8 Å². The molecule has 5 rings (SSSR count). The molecule has 30 heavy (non-hydrogen) atoms. The minimum absolute atomic E-state index is 0.615. The van der Waals surface area contributed by atoms with E-state index < -0.39 is 0 Å². The van der Waals surface area contributed by atoms with Crippen molar-refractivity contribution in [3.63, 3.8) is 0 Å². The first kappa shape index (κ1) is 19.2. The van der Waals surface area contributed by atoms with E-state index in [1.54, 1.807) is 12.4 Å². The number of anilines is 2. The van der Waals surface area contributed by atoms with Crippen molar-refractivity contribution in [2.24, 2.45) is 5.92 Å². The molecule has 1 atom stereocenters. The zero-order chi connectivity index (χ0) is 20.2. The van der Waals surface area contributed by atoms with Crippen LogP contribution in [0.3, 0.4) is 0 Å². The van der Waals surface area contributed by atoms with Gasteiger partial charge in [0.05, 0.1) is 24.4 Å². The Labute approximate surface area is 176 Å². The van der Waals surface area contributed by atoms with E-state index >= 15 is 0 Å². The SMILES string of the molecule is c1cnc2c(NC[C@H]3CCCNC3)nc(-c3ccc(N4CCOCC4)cc3)cc2n1. The zero-order valence-electron chi connectivity index (χ0n) is 17.2. The molecule has 0 amide bonds. The third-order valence-corrected chi connectivity index (χ3v) is 5.95. The highest BCUT2D eigenvalue weighted by molar-refractivity contribution is 5.88. The second kappa shape index (κ2) is 8.93. The van der Waals surface area contributed by atoms with Gasteiger partial charge in [-0.05, 0) is 50.0 Å². The summed E-state index contributed by atoms with van der Waals surface area (Å²) >= 11 is 0. The third kappa shape index (κ3) is 4.22. The first-order chi connectivity index (χ1) is 14.9. The van der Waals surface area contributed by atoms with Gasteiger partial charge in [-0.1, -0.05) is 12.1 Å². The van der Waals surface area contributed by atoms with E-state index in [1.165, 1.54) is 18.5 Å². The number of ether oxygens (including phenoxy) is 1. The number of nitrogens with zero attached hydrogens (tertiary/aromatic N) is 4. The smallest absolute Gasteiger partial charge is 0.154 e. The fourth-order valence-corrected chi connectivity index (χ4v) is 4.25. The summed E-state index contributed by atoms with van der Waals surface area (Å²) in [5.74, 6) is 1.43. The Morgan fingerprint density at radius 3 is 2.73 bits per heavy atom. The molecular formula is C23H28N6O. The Kier molecular flexibility index (Phi) is 5.72. The van der Waals surface area contributed by atoms with Gasteiger partial charge in [-0.25, -0.2) is 9.97 Å². The minimum atomic E-state index is 0.615. The van der Waals surface area contributed by atoms with Crippen molar-refractivity contribution in [3.05, 3.63) is 42.7 Å². The van der Waals surface area contributed by atoms with Gasteiger partial charge in [0.2, 0.25) is 0 Å². The average molecular weight is 405 g/mol. The fourth-order valence-electron chi connectivity index (χ4n) is 4.25. The molecule has 2 N–H and O–H groups in total. The summed E-state index contributed by atoms with van der Waals surface area (Å²) in [6, 6.07) is 10.7. The number of benzene rings is 1. The van der Waals surface area contributed by atoms with E-state index in [2.05, 4.69) is 49.8 Å². The highest BCUT2D eigenvalue weighted by Gasteiger charge is 2.16. The summed E-state index contributed by atoms with van der Waals surface area (Å²) in [4.78, 5) is 16.4. The first-order valence-electron chi connectivity index (χ1n) is 10.9. The van der Waals surface area contributed by atoms with Crippen LogP contribution in [0.25, 0.3) is 22.3 Å². The van der Waals surface area contributed by atoms with Gasteiger partial charge in [-0.3, -0.25) is 4.98 Å². The zero-order valence-corrected chi connectivity index (χ0v) is 17.2. The monoisotopic (exact) mass is 404 g/mol. The van der Waals surface area contributed by atoms with Gasteiger partial charge < -0.3 is 20.3 Å². The molecule has 0 aliphatic carbocycles. The van der Waals surface area contributed by atoms with Gasteiger partial charge in [0.15, 0.2) is 5.82 Å². The van der Waals surface area contributed by atoms with Crippen LogP contribution in [0.1, 0.15) is 12.8 Å². The first-order valence-corrected chi connectivity index (χ1v) is 10.9. The maximum Gasteiger partial charge on any atom is 0.154 e. The molecule has 2 fully saturated rings. The highest BCUT2D eigenvalue weighted by Crippen LogP contribution is 2.27. The van der Waals surface area contributed by atoms with Crippen molar-refractivity contribution in [1.29, 1.82) is 0 Å². The molecule has 2 aliphatic heterocycles. The Morgan fingerprint density at radius 2 is 1.93 bits per heavy atom. The second-order valence-electron chi connectivity index (χ2n) is 8.02. The molecule has 0 bridgehead atoms. The maximum atomic E-state index is 5.46. The van der Waals surface area contributed by atoms with Crippen LogP contribution < -0.4 is 15.5 Å². The average Bonchev–Trinajstić information content (AvgIpc) is 2.84. The topological polar surface area (TPSA) is 75.2 Å². The van der Waals surface area contributed by atoms with Crippen molar-refractivity contribution in [2.75, 3.05) is 56.2 Å². The van der Waals surface area contributed by atoms with Crippen LogP contribution in [-0.2, 0) is 4.74 Å². The Balaban J connectivity index is 1.41. The van der Waals surface area contributed by atoms with Crippen LogP contribution in [0.2, 0.25) is 0 Å². The van der Waals surface area contributed by atoms with E-state index in [0.717, 1.165) is 74.0 Å². The minimum Gasteiger partial charge on any atom is -0.378 e. The molecule has 3 aromatic rings. The molecule has 4 heterocycles. The maximum absolute atomic E-state index is 5.46. The van der Waals surface area contributed by atoms with Crippen molar-refractivity contribution in [1.82, 2.24) is 20.3 Å². The number of fused-ring (bicyclic) bond motifs is 1. The number of morpholine rings is 1. The van der Waals surface area contributed by atoms with Crippen molar-refractivity contribution in [3.8, 4) is 11.3 Å². The van der Waals surface area contributed by atoms with Gasteiger partial charge in [0.1, 0.15) is 5.52 Å². The molecular weight excluding hydrogens is 376 g/mol. The molecule has 0 unspecified atom stereocenters. The van der Waals surface area contributed by atoms with Gasteiger partial charge in [0, 0.05) is 43.3 Å². The molecule has 2 aromatic heterocycles. The summed E-state index contributed by atoms with van der Waals surface area (Å²) in [6.45, 7) is 6.53. The predicted octanol–water partition coefficient (Wildman–Crippen LogP) is 2.94. The Bertz CT molecular complexity index is 981. The van der Waals surface area contributed by atoms with Crippen LogP contribution >= 0.6 is 0 Å². The number of rotatable bonds is 5.